The van der Waals surface area contributed by atoms with Gasteiger partial charge in [-0.15, -0.1) is 0 Å². The summed E-state index contributed by atoms with van der Waals surface area (Å²) in [7, 11) is 0. The quantitative estimate of drug-likeness (QED) is 0.177. The van der Waals surface area contributed by atoms with Crippen LogP contribution in [0, 0.1) is 40.9 Å². The number of benzene rings is 2. The van der Waals surface area contributed by atoms with Crippen molar-refractivity contribution in [3.8, 4) is 5.75 Å². The Morgan fingerprint density at radius 2 is 1.44 bits per heavy atom. The zero-order valence-corrected chi connectivity index (χ0v) is 21.2. The number of nitrogens with zero attached hydrogens (tertiary/aromatic N) is 2. The van der Waals surface area contributed by atoms with Gasteiger partial charge in [0.05, 0.1) is 17.5 Å². The molecule has 0 aromatic heterocycles. The molecule has 7 nitrogen and oxygen atoms in total. The molecule has 2 amide bonds. The summed E-state index contributed by atoms with van der Waals surface area (Å²) in [4.78, 5) is 37.6. The van der Waals surface area contributed by atoms with Gasteiger partial charge in [-0.1, -0.05) is 12.8 Å². The molecule has 1 N–H and O–H groups in total. The largest absolute Gasteiger partial charge is 0.420 e. The lowest BCUT2D eigenvalue weighted by Crippen LogP contribution is -2.36. The van der Waals surface area contributed by atoms with Gasteiger partial charge in [0.2, 0.25) is 34.8 Å². The van der Waals surface area contributed by atoms with Crippen molar-refractivity contribution in [3.63, 3.8) is 0 Å². The number of nitrogens with one attached hydrogen (secondary N) is 1. The third-order valence-corrected chi connectivity index (χ3v) is 7.09. The Labute approximate surface area is 221 Å². The predicted molar refractivity (Wildman–Crippen MR) is 131 cm³/mol. The minimum Gasteiger partial charge on any atom is -0.420 e. The molecule has 0 radical (unpaired) electrons. The van der Waals surface area contributed by atoms with Crippen LogP contribution in [0.4, 0.5) is 27.6 Å². The van der Waals surface area contributed by atoms with E-state index in [2.05, 4.69) is 15.2 Å². The Bertz CT molecular complexity index is 1290. The first kappa shape index (κ1) is 28.2. The minimum absolute atomic E-state index is 0.145. The summed E-state index contributed by atoms with van der Waals surface area (Å²) in [5, 5.41) is 8.51. The molecule has 2 aliphatic rings. The molecule has 2 aromatic rings. The number of rotatable bonds is 5. The van der Waals surface area contributed by atoms with Crippen LogP contribution in [0.15, 0.2) is 29.4 Å². The Morgan fingerprint density at radius 1 is 0.897 bits per heavy atom. The van der Waals surface area contributed by atoms with E-state index < -0.39 is 46.7 Å². The SMILES string of the molecule is CC1=NN(c2ccc(C(=O)NC3CCCC(C(=O)Oc4c(F)c(F)c(F)c(F)c4F)CCC3)cc2)C(=O)C1C. The minimum atomic E-state index is -2.33. The van der Waals surface area contributed by atoms with Gasteiger partial charge < -0.3 is 10.1 Å². The molecule has 0 saturated heterocycles. The number of esters is 1. The van der Waals surface area contributed by atoms with Crippen molar-refractivity contribution >= 4 is 29.2 Å². The maximum atomic E-state index is 13.9. The van der Waals surface area contributed by atoms with Crippen LogP contribution in [0.3, 0.4) is 0 Å². The maximum Gasteiger partial charge on any atom is 0.314 e. The zero-order valence-electron chi connectivity index (χ0n) is 21.2. The molecule has 0 bridgehead atoms. The lowest BCUT2D eigenvalue weighted by molar-refractivity contribution is -0.140. The van der Waals surface area contributed by atoms with Crippen LogP contribution in [0.1, 0.15) is 62.7 Å². The highest BCUT2D eigenvalue weighted by Crippen LogP contribution is 2.31. The summed E-state index contributed by atoms with van der Waals surface area (Å²) in [6, 6.07) is 6.28. The van der Waals surface area contributed by atoms with E-state index in [1.807, 2.05) is 0 Å². The lowest BCUT2D eigenvalue weighted by atomic mass is 9.89. The van der Waals surface area contributed by atoms with Crippen molar-refractivity contribution in [3.05, 3.63) is 58.9 Å². The standard InChI is InChI=1S/C27H26F5N3O4/c1-13-14(2)34-35(26(13)37)18-11-9-15(10-12-18)25(36)33-17-7-3-5-16(6-4-8-17)27(38)39-24-22(31)20(29)19(28)21(30)23(24)32/h9-13,16-17H,3-8H2,1-2H3,(H,33,36). The number of halogens is 5. The van der Waals surface area contributed by atoms with Gasteiger partial charge in [0.25, 0.3) is 11.8 Å². The summed E-state index contributed by atoms with van der Waals surface area (Å²) in [6.07, 6.45) is 2.41. The van der Waals surface area contributed by atoms with E-state index in [4.69, 9.17) is 0 Å². The van der Waals surface area contributed by atoms with E-state index in [0.717, 1.165) is 0 Å². The van der Waals surface area contributed by atoms with Crippen molar-refractivity contribution in [2.24, 2.45) is 16.9 Å². The number of hydrazone groups is 1. The van der Waals surface area contributed by atoms with Crippen molar-refractivity contribution in [1.29, 1.82) is 0 Å². The first-order chi connectivity index (χ1) is 18.5. The van der Waals surface area contributed by atoms with Gasteiger partial charge in [0.15, 0.2) is 0 Å². The average Bonchev–Trinajstić information content (AvgIpc) is 3.17. The normalized spacial score (nSPS) is 21.7. The molecule has 1 saturated carbocycles. The van der Waals surface area contributed by atoms with E-state index in [1.165, 1.54) is 5.01 Å². The topological polar surface area (TPSA) is 88.1 Å². The number of anilines is 1. The monoisotopic (exact) mass is 551 g/mol. The molecule has 1 unspecified atom stereocenters. The first-order valence-corrected chi connectivity index (χ1v) is 12.5. The van der Waals surface area contributed by atoms with Gasteiger partial charge >= 0.3 is 5.97 Å². The molecule has 208 valence electrons. The van der Waals surface area contributed by atoms with Crippen molar-refractivity contribution < 1.29 is 41.1 Å². The molecule has 1 aliphatic carbocycles. The van der Waals surface area contributed by atoms with Crippen LogP contribution in [-0.2, 0) is 9.59 Å². The molecule has 1 heterocycles. The van der Waals surface area contributed by atoms with Gasteiger partial charge in [0.1, 0.15) is 0 Å². The molecule has 1 aliphatic heterocycles. The smallest absolute Gasteiger partial charge is 0.314 e. The molecule has 0 spiro atoms. The number of hydrogen-bond acceptors (Lipinski definition) is 5. The summed E-state index contributed by atoms with van der Waals surface area (Å²) in [5.41, 5.74) is 1.65. The summed E-state index contributed by atoms with van der Waals surface area (Å²) in [5.74, 6) is -15.4. The average molecular weight is 552 g/mol. The number of hydrogen-bond donors (Lipinski definition) is 1. The van der Waals surface area contributed by atoms with E-state index >= 15 is 0 Å². The highest BCUT2D eigenvalue weighted by atomic mass is 19.2. The number of ether oxygens (including phenoxy) is 1. The molecule has 1 fully saturated rings. The van der Waals surface area contributed by atoms with Crippen molar-refractivity contribution in [1.82, 2.24) is 5.32 Å². The van der Waals surface area contributed by atoms with Crippen LogP contribution in [0.5, 0.6) is 5.75 Å². The summed E-state index contributed by atoms with van der Waals surface area (Å²) < 4.78 is 72.4. The maximum absolute atomic E-state index is 13.9. The van der Waals surface area contributed by atoms with Crippen LogP contribution in [0.25, 0.3) is 0 Å². The van der Waals surface area contributed by atoms with Crippen molar-refractivity contribution in [2.75, 3.05) is 5.01 Å². The second-order valence-electron chi connectivity index (χ2n) is 9.71. The van der Waals surface area contributed by atoms with Gasteiger partial charge in [0, 0.05) is 17.3 Å². The number of carbonyl (C=O) groups excluding carboxylic acids is 3. The van der Waals surface area contributed by atoms with E-state index in [9.17, 15) is 36.3 Å². The summed E-state index contributed by atoms with van der Waals surface area (Å²) in [6.45, 7) is 3.55. The predicted octanol–water partition coefficient (Wildman–Crippen LogP) is 5.42. The van der Waals surface area contributed by atoms with E-state index in [-0.39, 0.29) is 36.6 Å². The van der Waals surface area contributed by atoms with E-state index in [1.54, 1.807) is 38.1 Å². The van der Waals surface area contributed by atoms with Gasteiger partial charge in [-0.25, -0.2) is 18.2 Å². The Kier molecular flexibility index (Phi) is 8.31. The zero-order chi connectivity index (χ0) is 28.4. The third kappa shape index (κ3) is 5.79. The Balaban J connectivity index is 1.31. The molecule has 1 atom stereocenters. The van der Waals surface area contributed by atoms with Crippen LogP contribution in [0.2, 0.25) is 0 Å². The van der Waals surface area contributed by atoms with Crippen LogP contribution in [-0.4, -0.2) is 29.5 Å². The molecule has 12 heteroatoms. The lowest BCUT2D eigenvalue weighted by Gasteiger charge is -2.24. The fourth-order valence-electron chi connectivity index (χ4n) is 4.61. The van der Waals surface area contributed by atoms with Crippen LogP contribution >= 0.6 is 0 Å². The number of carbonyl (C=O) groups is 3. The van der Waals surface area contributed by atoms with Crippen LogP contribution < -0.4 is 15.1 Å². The Hall–Kier alpha value is -3.83. The highest BCUT2D eigenvalue weighted by molar-refractivity contribution is 6.14. The van der Waals surface area contributed by atoms with Gasteiger partial charge in [-0.2, -0.15) is 13.9 Å². The fraction of sp³-hybridized carbons (Fsp3) is 0.407. The van der Waals surface area contributed by atoms with Gasteiger partial charge in [-0.05, 0) is 63.8 Å². The molecular weight excluding hydrogens is 525 g/mol. The molecular formula is C27H26F5N3O4. The Morgan fingerprint density at radius 3 is 1.95 bits per heavy atom. The van der Waals surface area contributed by atoms with E-state index in [0.29, 0.717) is 42.6 Å². The first-order valence-electron chi connectivity index (χ1n) is 12.5. The molecule has 2 aromatic carbocycles. The highest BCUT2D eigenvalue weighted by Gasteiger charge is 2.32. The summed E-state index contributed by atoms with van der Waals surface area (Å²) >= 11 is 0. The van der Waals surface area contributed by atoms with Crippen molar-refractivity contribution in [2.45, 2.75) is 58.4 Å². The third-order valence-electron chi connectivity index (χ3n) is 7.09. The second kappa shape index (κ2) is 11.5. The fourth-order valence-corrected chi connectivity index (χ4v) is 4.61. The van der Waals surface area contributed by atoms with Gasteiger partial charge in [-0.3, -0.25) is 14.4 Å². The second-order valence-corrected chi connectivity index (χ2v) is 9.71. The molecule has 39 heavy (non-hydrogen) atoms. The number of amides is 2. The molecule has 4 rings (SSSR count).